The van der Waals surface area contributed by atoms with Gasteiger partial charge in [-0.25, -0.2) is 0 Å². The molecule has 1 fully saturated rings. The minimum atomic E-state index is -0.0804. The maximum absolute atomic E-state index is 11.6. The van der Waals surface area contributed by atoms with Crippen molar-refractivity contribution in [3.8, 4) is 0 Å². The number of aromatic nitrogens is 1. The van der Waals surface area contributed by atoms with Gasteiger partial charge >= 0.3 is 0 Å². The molecule has 2 heterocycles. The molecule has 0 aromatic carbocycles. The third kappa shape index (κ3) is 2.24. The fourth-order valence-electron chi connectivity index (χ4n) is 1.41. The van der Waals surface area contributed by atoms with E-state index in [0.717, 1.165) is 18.7 Å². The molecule has 1 aromatic heterocycles. The van der Waals surface area contributed by atoms with Gasteiger partial charge in [-0.2, -0.15) is 0 Å². The molecule has 0 saturated carbocycles. The topological polar surface area (TPSA) is 67.2 Å². The Morgan fingerprint density at radius 1 is 1.62 bits per heavy atom. The van der Waals surface area contributed by atoms with Crippen molar-refractivity contribution >= 4 is 11.8 Å². The molecule has 16 heavy (non-hydrogen) atoms. The van der Waals surface area contributed by atoms with Crippen molar-refractivity contribution in [3.63, 3.8) is 0 Å². The van der Waals surface area contributed by atoms with Crippen molar-refractivity contribution in [1.82, 2.24) is 10.5 Å². The van der Waals surface area contributed by atoms with Crippen LogP contribution >= 0.6 is 0 Å². The van der Waals surface area contributed by atoms with Crippen LogP contribution in [0.5, 0.6) is 0 Å². The van der Waals surface area contributed by atoms with E-state index < -0.39 is 0 Å². The molecule has 88 valence electrons. The van der Waals surface area contributed by atoms with Crippen LogP contribution < -0.4 is 10.6 Å². The standard InChI is InChI=1S/C11H17N3O2/c1-11(2,3)8-6-9(16-14-8)13-10(15)7-4-5-12-7/h6-7,12H,4-5H2,1-3H3,(H,13,15)/t7-/m0/s1. The van der Waals surface area contributed by atoms with Gasteiger partial charge in [0.05, 0.1) is 11.7 Å². The Bertz CT molecular complexity index is 388. The molecule has 1 aliphatic heterocycles. The predicted molar refractivity (Wildman–Crippen MR) is 60.2 cm³/mol. The van der Waals surface area contributed by atoms with E-state index in [9.17, 15) is 4.79 Å². The van der Waals surface area contributed by atoms with Gasteiger partial charge in [-0.3, -0.25) is 10.1 Å². The van der Waals surface area contributed by atoms with Crippen LogP contribution in [0.25, 0.3) is 0 Å². The van der Waals surface area contributed by atoms with E-state index in [1.54, 1.807) is 6.07 Å². The summed E-state index contributed by atoms with van der Waals surface area (Å²) in [5.74, 6) is 0.367. The molecular weight excluding hydrogens is 206 g/mol. The molecule has 5 heteroatoms. The summed E-state index contributed by atoms with van der Waals surface area (Å²) in [6.07, 6.45) is 0.881. The number of nitrogens with zero attached hydrogens (tertiary/aromatic N) is 1. The van der Waals surface area contributed by atoms with Gasteiger partial charge in [0, 0.05) is 11.5 Å². The molecule has 1 aromatic rings. The largest absolute Gasteiger partial charge is 0.338 e. The highest BCUT2D eigenvalue weighted by Gasteiger charge is 2.26. The van der Waals surface area contributed by atoms with Crippen LogP contribution in [0.3, 0.4) is 0 Å². The lowest BCUT2D eigenvalue weighted by molar-refractivity contribution is -0.119. The summed E-state index contributed by atoms with van der Waals surface area (Å²) in [6, 6.07) is 1.69. The Hall–Kier alpha value is -1.36. The Balaban J connectivity index is 1.99. The smallest absolute Gasteiger partial charge is 0.243 e. The SMILES string of the molecule is CC(C)(C)c1cc(NC(=O)[C@@H]2CCN2)on1. The summed E-state index contributed by atoms with van der Waals surface area (Å²) in [6.45, 7) is 7.04. The number of hydrogen-bond donors (Lipinski definition) is 2. The first-order chi connectivity index (χ1) is 7.47. The highest BCUT2D eigenvalue weighted by Crippen LogP contribution is 2.23. The second kappa shape index (κ2) is 3.90. The molecule has 0 bridgehead atoms. The van der Waals surface area contributed by atoms with Crippen molar-refractivity contribution in [2.75, 3.05) is 11.9 Å². The van der Waals surface area contributed by atoms with E-state index in [-0.39, 0.29) is 17.4 Å². The Labute approximate surface area is 94.6 Å². The number of nitrogens with one attached hydrogen (secondary N) is 2. The van der Waals surface area contributed by atoms with Gasteiger partial charge in [-0.1, -0.05) is 25.9 Å². The lowest BCUT2D eigenvalue weighted by atomic mass is 9.92. The first-order valence-electron chi connectivity index (χ1n) is 5.48. The van der Waals surface area contributed by atoms with Gasteiger partial charge in [-0.05, 0) is 13.0 Å². The van der Waals surface area contributed by atoms with Crippen LogP contribution in [-0.4, -0.2) is 23.7 Å². The average molecular weight is 223 g/mol. The molecule has 0 spiro atoms. The van der Waals surface area contributed by atoms with Crippen molar-refractivity contribution in [2.24, 2.45) is 0 Å². The molecular formula is C11H17N3O2. The molecule has 0 aliphatic carbocycles. The fraction of sp³-hybridized carbons (Fsp3) is 0.636. The lowest BCUT2D eigenvalue weighted by Gasteiger charge is -2.25. The molecule has 0 radical (unpaired) electrons. The first kappa shape index (κ1) is 11.1. The zero-order valence-electron chi connectivity index (χ0n) is 9.83. The molecule has 2 N–H and O–H groups in total. The van der Waals surface area contributed by atoms with Crippen LogP contribution in [0.15, 0.2) is 10.6 Å². The predicted octanol–water partition coefficient (Wildman–Crippen LogP) is 1.27. The van der Waals surface area contributed by atoms with Crippen molar-refractivity contribution in [3.05, 3.63) is 11.8 Å². The second-order valence-corrected chi connectivity index (χ2v) is 5.11. The van der Waals surface area contributed by atoms with Gasteiger partial charge in [0.2, 0.25) is 11.8 Å². The first-order valence-corrected chi connectivity index (χ1v) is 5.48. The van der Waals surface area contributed by atoms with Crippen molar-refractivity contribution in [1.29, 1.82) is 0 Å². The van der Waals surface area contributed by atoms with Crippen LogP contribution in [0, 0.1) is 0 Å². The van der Waals surface area contributed by atoms with E-state index >= 15 is 0 Å². The molecule has 1 atom stereocenters. The van der Waals surface area contributed by atoms with Gasteiger partial charge in [0.25, 0.3) is 0 Å². The Morgan fingerprint density at radius 2 is 2.31 bits per heavy atom. The summed E-state index contributed by atoms with van der Waals surface area (Å²) >= 11 is 0. The van der Waals surface area contributed by atoms with E-state index in [1.807, 2.05) is 20.8 Å². The van der Waals surface area contributed by atoms with Crippen LogP contribution in [0.1, 0.15) is 32.9 Å². The molecule has 2 rings (SSSR count). The lowest BCUT2D eigenvalue weighted by Crippen LogP contribution is -2.50. The summed E-state index contributed by atoms with van der Waals surface area (Å²) < 4.78 is 5.07. The third-order valence-corrected chi connectivity index (χ3v) is 2.67. The summed E-state index contributed by atoms with van der Waals surface area (Å²) in [5, 5.41) is 9.67. The van der Waals surface area contributed by atoms with E-state index in [2.05, 4.69) is 15.8 Å². The summed E-state index contributed by atoms with van der Waals surface area (Å²) in [7, 11) is 0. The molecule has 5 nitrogen and oxygen atoms in total. The Kier molecular flexibility index (Phi) is 2.71. The number of carbonyl (C=O) groups excluding carboxylic acids is 1. The quantitative estimate of drug-likeness (QED) is 0.792. The highest BCUT2D eigenvalue weighted by atomic mass is 16.5. The van der Waals surface area contributed by atoms with Crippen molar-refractivity contribution < 1.29 is 9.32 Å². The van der Waals surface area contributed by atoms with Gasteiger partial charge in [0.15, 0.2) is 0 Å². The average Bonchev–Trinajstić information content (AvgIpc) is 2.47. The monoisotopic (exact) mass is 223 g/mol. The molecule has 1 saturated heterocycles. The number of amides is 1. The highest BCUT2D eigenvalue weighted by molar-refractivity contribution is 5.94. The maximum Gasteiger partial charge on any atom is 0.243 e. The molecule has 0 unspecified atom stereocenters. The second-order valence-electron chi connectivity index (χ2n) is 5.11. The van der Waals surface area contributed by atoms with Crippen LogP contribution in [0.4, 0.5) is 5.88 Å². The normalized spacial score (nSPS) is 20.3. The zero-order valence-corrected chi connectivity index (χ0v) is 9.83. The number of anilines is 1. The van der Waals surface area contributed by atoms with Crippen LogP contribution in [-0.2, 0) is 10.2 Å². The van der Waals surface area contributed by atoms with Crippen LogP contribution in [0.2, 0.25) is 0 Å². The minimum Gasteiger partial charge on any atom is -0.338 e. The summed E-state index contributed by atoms with van der Waals surface area (Å²) in [4.78, 5) is 11.6. The summed E-state index contributed by atoms with van der Waals surface area (Å²) in [5.41, 5.74) is 0.769. The minimum absolute atomic E-state index is 0.0529. The third-order valence-electron chi connectivity index (χ3n) is 2.67. The number of carbonyl (C=O) groups is 1. The van der Waals surface area contributed by atoms with Crippen molar-refractivity contribution in [2.45, 2.75) is 38.6 Å². The van der Waals surface area contributed by atoms with Gasteiger partial charge in [-0.15, -0.1) is 0 Å². The Morgan fingerprint density at radius 3 is 2.75 bits per heavy atom. The molecule has 1 aliphatic rings. The van der Waals surface area contributed by atoms with E-state index in [4.69, 9.17) is 4.52 Å². The van der Waals surface area contributed by atoms with E-state index in [1.165, 1.54) is 0 Å². The number of hydrogen-bond acceptors (Lipinski definition) is 4. The molecule has 1 amide bonds. The van der Waals surface area contributed by atoms with Gasteiger partial charge in [0.1, 0.15) is 0 Å². The maximum atomic E-state index is 11.6. The zero-order chi connectivity index (χ0) is 11.8. The number of rotatable bonds is 2. The van der Waals surface area contributed by atoms with E-state index in [0.29, 0.717) is 5.88 Å². The van der Waals surface area contributed by atoms with Gasteiger partial charge < -0.3 is 9.84 Å². The fourth-order valence-corrected chi connectivity index (χ4v) is 1.41.